The lowest BCUT2D eigenvalue weighted by Crippen LogP contribution is -2.47. The molecule has 3 heterocycles. The second-order valence-corrected chi connectivity index (χ2v) is 8.85. The van der Waals surface area contributed by atoms with E-state index in [0.29, 0.717) is 17.6 Å². The van der Waals surface area contributed by atoms with E-state index in [1.54, 1.807) is 21.7 Å². The number of carbonyl (C=O) groups excluding carboxylic acids is 1. The average Bonchev–Trinajstić information content (AvgIpc) is 3.42. The number of halogens is 1. The highest BCUT2D eigenvalue weighted by Crippen LogP contribution is 2.26. The van der Waals surface area contributed by atoms with Crippen molar-refractivity contribution in [2.24, 2.45) is 0 Å². The summed E-state index contributed by atoms with van der Waals surface area (Å²) < 4.78 is 15.4. The molecule has 3 aromatic rings. The first-order valence-corrected chi connectivity index (χ1v) is 11.1. The van der Waals surface area contributed by atoms with Crippen LogP contribution in [0.15, 0.2) is 41.8 Å². The second-order valence-electron chi connectivity index (χ2n) is 7.90. The molecule has 158 valence electrons. The van der Waals surface area contributed by atoms with Gasteiger partial charge >= 0.3 is 0 Å². The fourth-order valence-corrected chi connectivity index (χ4v) is 4.57. The Morgan fingerprint density at radius 1 is 1.23 bits per heavy atom. The lowest BCUT2D eigenvalue weighted by atomic mass is 10.0. The summed E-state index contributed by atoms with van der Waals surface area (Å²) in [5, 5.41) is 6.42. The molecule has 6 nitrogen and oxygen atoms in total. The lowest BCUT2D eigenvalue weighted by Gasteiger charge is -2.38. The number of amides is 1. The molecule has 8 heteroatoms. The van der Waals surface area contributed by atoms with Gasteiger partial charge in [0.1, 0.15) is 5.82 Å². The number of hydrogen-bond donors (Lipinski definition) is 0. The maximum atomic E-state index is 13.8. The van der Waals surface area contributed by atoms with Gasteiger partial charge in [-0.3, -0.25) is 4.79 Å². The Morgan fingerprint density at radius 3 is 2.63 bits per heavy atom. The first kappa shape index (κ1) is 20.7. The van der Waals surface area contributed by atoms with E-state index >= 15 is 0 Å². The quantitative estimate of drug-likeness (QED) is 0.616. The topological polar surface area (TPSA) is 54.3 Å². The average molecular weight is 428 g/mol. The van der Waals surface area contributed by atoms with Crippen LogP contribution in [0.25, 0.3) is 16.4 Å². The molecule has 0 atom stereocenters. The summed E-state index contributed by atoms with van der Waals surface area (Å²) in [6, 6.07) is 10.7. The van der Waals surface area contributed by atoms with E-state index in [-0.39, 0.29) is 23.6 Å². The highest BCUT2D eigenvalue weighted by atomic mass is 32.1. The highest BCUT2D eigenvalue weighted by molar-refractivity contribution is 7.13. The third kappa shape index (κ3) is 4.15. The van der Waals surface area contributed by atoms with E-state index in [2.05, 4.69) is 28.8 Å². The Balaban J connectivity index is 1.61. The van der Waals surface area contributed by atoms with Gasteiger partial charge in [-0.15, -0.1) is 16.4 Å². The number of hydrogen-bond acceptors (Lipinski definition) is 5. The fourth-order valence-electron chi connectivity index (χ4n) is 3.87. The van der Waals surface area contributed by atoms with Crippen molar-refractivity contribution in [2.75, 3.05) is 20.1 Å². The summed E-state index contributed by atoms with van der Waals surface area (Å²) in [4.78, 5) is 22.8. The van der Waals surface area contributed by atoms with E-state index < -0.39 is 0 Å². The Hall–Kier alpha value is -2.58. The molecule has 1 aliphatic heterocycles. The minimum Gasteiger partial charge on any atom is -0.336 e. The highest BCUT2D eigenvalue weighted by Gasteiger charge is 2.29. The molecule has 0 bridgehead atoms. The molecule has 1 aromatic carbocycles. The van der Waals surface area contributed by atoms with Gasteiger partial charge in [0.25, 0.3) is 5.91 Å². The number of rotatable bonds is 5. The first-order chi connectivity index (χ1) is 14.4. The molecule has 0 saturated carbocycles. The number of aromatic nitrogens is 3. The van der Waals surface area contributed by atoms with E-state index in [1.165, 1.54) is 23.5 Å². The van der Waals surface area contributed by atoms with E-state index in [1.807, 2.05) is 24.6 Å². The predicted octanol–water partition coefficient (Wildman–Crippen LogP) is 4.08. The van der Waals surface area contributed by atoms with Gasteiger partial charge in [-0.25, -0.2) is 14.1 Å². The standard InChI is InChI=1S/C22H26FN5OS/c1-15(2)27-11-9-17(10-12-27)26(3)22(29)20-24-21(19-8-5-13-30-19)28(25-20)18-7-4-6-16(23)14-18/h4-8,13-15,17H,9-12H2,1-3H3. The lowest BCUT2D eigenvalue weighted by molar-refractivity contribution is 0.0604. The SMILES string of the molecule is CC(C)N1CCC(N(C)C(=O)c2nc(-c3cccs3)n(-c3cccc(F)c3)n2)CC1. The van der Waals surface area contributed by atoms with Crippen LogP contribution >= 0.6 is 11.3 Å². The zero-order chi connectivity index (χ0) is 21.3. The summed E-state index contributed by atoms with van der Waals surface area (Å²) >= 11 is 1.51. The van der Waals surface area contributed by atoms with Crippen LogP contribution in [0.5, 0.6) is 0 Å². The van der Waals surface area contributed by atoms with Crippen LogP contribution < -0.4 is 0 Å². The number of thiophene rings is 1. The normalized spacial score (nSPS) is 15.6. The van der Waals surface area contributed by atoms with Gasteiger partial charge in [0.15, 0.2) is 5.82 Å². The molecular weight excluding hydrogens is 401 g/mol. The molecular formula is C22H26FN5OS. The minimum atomic E-state index is -0.359. The fraction of sp³-hybridized carbons (Fsp3) is 0.409. The molecule has 4 rings (SSSR count). The number of likely N-dealkylation sites (tertiary alicyclic amines) is 1. The van der Waals surface area contributed by atoms with Crippen molar-refractivity contribution < 1.29 is 9.18 Å². The van der Waals surface area contributed by atoms with E-state index in [0.717, 1.165) is 30.8 Å². The van der Waals surface area contributed by atoms with E-state index in [4.69, 9.17) is 0 Å². The molecule has 0 N–H and O–H groups in total. The second kappa shape index (κ2) is 8.65. The number of piperidine rings is 1. The van der Waals surface area contributed by atoms with Crippen molar-refractivity contribution in [2.45, 2.75) is 38.8 Å². The van der Waals surface area contributed by atoms with Crippen LogP contribution in [0.3, 0.4) is 0 Å². The van der Waals surface area contributed by atoms with Crippen LogP contribution in [-0.4, -0.2) is 62.7 Å². The van der Waals surface area contributed by atoms with Crippen LogP contribution in [-0.2, 0) is 0 Å². The summed E-state index contributed by atoms with van der Waals surface area (Å²) in [6.07, 6.45) is 1.87. The van der Waals surface area contributed by atoms with Crippen molar-refractivity contribution in [3.05, 3.63) is 53.4 Å². The number of nitrogens with zero attached hydrogens (tertiary/aromatic N) is 5. The first-order valence-electron chi connectivity index (χ1n) is 10.2. The molecule has 1 fully saturated rings. The van der Waals surface area contributed by atoms with Crippen LogP contribution in [0.4, 0.5) is 4.39 Å². The maximum Gasteiger partial charge on any atom is 0.293 e. The van der Waals surface area contributed by atoms with Gasteiger partial charge in [-0.05, 0) is 56.3 Å². The van der Waals surface area contributed by atoms with E-state index in [9.17, 15) is 9.18 Å². The van der Waals surface area contributed by atoms with Crippen molar-refractivity contribution in [3.63, 3.8) is 0 Å². The summed E-state index contributed by atoms with van der Waals surface area (Å²) in [6.45, 7) is 6.35. The Bertz CT molecular complexity index is 1010. The van der Waals surface area contributed by atoms with Crippen molar-refractivity contribution >= 4 is 17.2 Å². The van der Waals surface area contributed by atoms with Gasteiger partial charge in [-0.1, -0.05) is 12.1 Å². The van der Waals surface area contributed by atoms with Gasteiger partial charge in [-0.2, -0.15) is 0 Å². The summed E-state index contributed by atoms with van der Waals surface area (Å²) in [5.41, 5.74) is 0.540. The Kier molecular flexibility index (Phi) is 5.97. The number of carbonyl (C=O) groups is 1. The third-order valence-electron chi connectivity index (χ3n) is 5.69. The molecule has 1 saturated heterocycles. The molecule has 1 amide bonds. The molecule has 0 radical (unpaired) electrons. The van der Waals surface area contributed by atoms with Crippen molar-refractivity contribution in [1.29, 1.82) is 0 Å². The summed E-state index contributed by atoms with van der Waals surface area (Å²) in [7, 11) is 1.83. The van der Waals surface area contributed by atoms with Gasteiger partial charge in [0.2, 0.25) is 5.82 Å². The van der Waals surface area contributed by atoms with Gasteiger partial charge < -0.3 is 9.80 Å². The van der Waals surface area contributed by atoms with Crippen LogP contribution in [0.2, 0.25) is 0 Å². The molecule has 2 aromatic heterocycles. The van der Waals surface area contributed by atoms with Crippen LogP contribution in [0.1, 0.15) is 37.3 Å². The number of benzene rings is 1. The largest absolute Gasteiger partial charge is 0.336 e. The molecule has 1 aliphatic rings. The third-order valence-corrected chi connectivity index (χ3v) is 6.56. The van der Waals surface area contributed by atoms with Crippen molar-refractivity contribution in [1.82, 2.24) is 24.6 Å². The molecule has 0 unspecified atom stereocenters. The molecule has 0 spiro atoms. The Labute approximate surface area is 180 Å². The predicted molar refractivity (Wildman–Crippen MR) is 116 cm³/mol. The molecule has 30 heavy (non-hydrogen) atoms. The molecule has 0 aliphatic carbocycles. The summed E-state index contributed by atoms with van der Waals surface area (Å²) in [5.74, 6) is 0.117. The minimum absolute atomic E-state index is 0.136. The van der Waals surface area contributed by atoms with Gasteiger partial charge in [0, 0.05) is 32.2 Å². The van der Waals surface area contributed by atoms with Gasteiger partial charge in [0.05, 0.1) is 10.6 Å². The Morgan fingerprint density at radius 2 is 2.00 bits per heavy atom. The smallest absolute Gasteiger partial charge is 0.293 e. The van der Waals surface area contributed by atoms with Crippen molar-refractivity contribution in [3.8, 4) is 16.4 Å². The van der Waals surface area contributed by atoms with Crippen LogP contribution in [0, 0.1) is 5.82 Å². The monoisotopic (exact) mass is 427 g/mol. The zero-order valence-electron chi connectivity index (χ0n) is 17.5. The zero-order valence-corrected chi connectivity index (χ0v) is 18.3. The maximum absolute atomic E-state index is 13.8.